The van der Waals surface area contributed by atoms with Gasteiger partial charge in [-0.05, 0) is 63.1 Å². The molecule has 1 aromatic heterocycles. The third-order valence-electron chi connectivity index (χ3n) is 6.33. The number of carboxylic acid groups (broad SMARTS) is 1. The number of aryl methyl sites for hydroxylation is 1. The number of para-hydroxylation sites is 1. The number of fused-ring (bicyclic) bond motifs is 1. The molecule has 0 aliphatic heterocycles. The molecule has 0 saturated heterocycles. The quantitative estimate of drug-likeness (QED) is 0.531. The van der Waals surface area contributed by atoms with Crippen molar-refractivity contribution >= 4 is 26.9 Å². The summed E-state index contributed by atoms with van der Waals surface area (Å²) in [5.41, 5.74) is 1.79. The smallest absolute Gasteiger partial charge is 0.308 e. The number of carbonyl (C=O) groups is 1. The van der Waals surface area contributed by atoms with Crippen LogP contribution in [0.15, 0.2) is 59.5 Å². The van der Waals surface area contributed by atoms with Crippen molar-refractivity contribution in [1.29, 1.82) is 0 Å². The summed E-state index contributed by atoms with van der Waals surface area (Å²) in [5.74, 6) is -1.18. The highest BCUT2D eigenvalue weighted by Crippen LogP contribution is 2.35. The van der Waals surface area contributed by atoms with E-state index in [1.54, 1.807) is 19.1 Å². The molecule has 2 atom stereocenters. The van der Waals surface area contributed by atoms with Gasteiger partial charge in [0.05, 0.1) is 16.3 Å². The lowest BCUT2D eigenvalue weighted by Crippen LogP contribution is -2.55. The van der Waals surface area contributed by atoms with Crippen LogP contribution in [0.25, 0.3) is 10.9 Å². The van der Waals surface area contributed by atoms with Gasteiger partial charge in [0, 0.05) is 22.2 Å². The van der Waals surface area contributed by atoms with Crippen molar-refractivity contribution in [3.8, 4) is 5.75 Å². The first-order valence-corrected chi connectivity index (χ1v) is 12.5. The van der Waals surface area contributed by atoms with E-state index in [0.717, 1.165) is 35.0 Å². The number of sulfonamides is 1. The summed E-state index contributed by atoms with van der Waals surface area (Å²) in [6, 6.07) is 16.0. The summed E-state index contributed by atoms with van der Waals surface area (Å²) in [6.45, 7) is 3.94. The highest BCUT2D eigenvalue weighted by molar-refractivity contribution is 7.89. The van der Waals surface area contributed by atoms with Gasteiger partial charge in [0.1, 0.15) is 12.4 Å². The Kier molecular flexibility index (Phi) is 6.41. The minimum Gasteiger partial charge on any atom is -0.489 e. The minimum atomic E-state index is -3.88. The molecule has 0 radical (unpaired) electrons. The summed E-state index contributed by atoms with van der Waals surface area (Å²) in [4.78, 5) is 16.3. The van der Waals surface area contributed by atoms with E-state index in [4.69, 9.17) is 4.74 Å². The molecule has 174 valence electrons. The Balaban J connectivity index is 1.49. The van der Waals surface area contributed by atoms with Gasteiger partial charge in [-0.2, -0.15) is 0 Å². The Labute approximate surface area is 193 Å². The van der Waals surface area contributed by atoms with E-state index >= 15 is 0 Å². The summed E-state index contributed by atoms with van der Waals surface area (Å²) in [5, 5.41) is 10.6. The average Bonchev–Trinajstić information content (AvgIpc) is 2.77. The topological polar surface area (TPSA) is 106 Å². The van der Waals surface area contributed by atoms with Crippen molar-refractivity contribution in [3.63, 3.8) is 0 Å². The number of nitrogens with zero attached hydrogens (tertiary/aromatic N) is 1. The number of carboxylic acids is 1. The molecule has 1 heterocycles. The fraction of sp³-hybridized carbons (Fsp3) is 0.360. The summed E-state index contributed by atoms with van der Waals surface area (Å²) >= 11 is 0. The Morgan fingerprint density at radius 2 is 1.91 bits per heavy atom. The molecule has 1 aliphatic rings. The normalized spacial score (nSPS) is 21.1. The third-order valence-corrected chi connectivity index (χ3v) is 7.96. The molecule has 4 rings (SSSR count). The Hall–Kier alpha value is -2.97. The Bertz CT molecular complexity index is 1270. The van der Waals surface area contributed by atoms with Crippen LogP contribution in [0.1, 0.15) is 43.9 Å². The van der Waals surface area contributed by atoms with Crippen molar-refractivity contribution in [2.75, 3.05) is 0 Å². The van der Waals surface area contributed by atoms with Crippen LogP contribution >= 0.6 is 0 Å². The summed E-state index contributed by atoms with van der Waals surface area (Å²) < 4.78 is 34.6. The average molecular weight is 469 g/mol. The van der Waals surface area contributed by atoms with Crippen LogP contribution in [0.5, 0.6) is 5.75 Å². The van der Waals surface area contributed by atoms with Crippen molar-refractivity contribution in [3.05, 3.63) is 65.9 Å². The predicted octanol–water partition coefficient (Wildman–Crippen LogP) is 4.43. The molecule has 0 amide bonds. The Morgan fingerprint density at radius 1 is 1.18 bits per heavy atom. The molecule has 0 unspecified atom stereocenters. The van der Waals surface area contributed by atoms with E-state index in [-0.39, 0.29) is 4.90 Å². The first kappa shape index (κ1) is 23.2. The van der Waals surface area contributed by atoms with E-state index in [1.807, 2.05) is 37.3 Å². The van der Waals surface area contributed by atoms with E-state index < -0.39 is 27.4 Å². The molecule has 8 heteroatoms. The maximum Gasteiger partial charge on any atom is 0.308 e. The molecular formula is C25H28N2O5S. The van der Waals surface area contributed by atoms with Crippen LogP contribution in [-0.2, 0) is 21.4 Å². The monoisotopic (exact) mass is 468 g/mol. The third kappa shape index (κ3) is 5.02. The van der Waals surface area contributed by atoms with E-state index in [2.05, 4.69) is 9.71 Å². The zero-order valence-electron chi connectivity index (χ0n) is 18.7. The standard InChI is InChI=1S/C25H28N2O5S/c1-17-15-18(21-7-3-4-9-23(21)26-17)16-32-19-10-12-20(13-11-19)33(30,31)27-25(2)14-6-5-8-22(25)24(28)29/h3-4,7,9-13,15,22,27H,5-6,8,14,16H2,1-2H3,(H,28,29)/t22-,25-/m1/s1. The molecule has 1 fully saturated rings. The maximum atomic E-state index is 13.0. The van der Waals surface area contributed by atoms with E-state index in [1.165, 1.54) is 12.1 Å². The van der Waals surface area contributed by atoms with Crippen LogP contribution < -0.4 is 9.46 Å². The number of aromatic nitrogens is 1. The molecule has 7 nitrogen and oxygen atoms in total. The molecule has 2 N–H and O–H groups in total. The lowest BCUT2D eigenvalue weighted by atomic mass is 9.75. The van der Waals surface area contributed by atoms with Crippen LogP contribution in [0.2, 0.25) is 0 Å². The molecular weight excluding hydrogens is 440 g/mol. The number of nitrogens with one attached hydrogen (secondary N) is 1. The second kappa shape index (κ2) is 9.11. The fourth-order valence-corrected chi connectivity index (χ4v) is 6.08. The Morgan fingerprint density at radius 3 is 2.64 bits per heavy atom. The number of rotatable bonds is 7. The van der Waals surface area contributed by atoms with Crippen LogP contribution in [0.4, 0.5) is 0 Å². The first-order valence-electron chi connectivity index (χ1n) is 11.0. The van der Waals surface area contributed by atoms with Gasteiger partial charge in [-0.25, -0.2) is 13.1 Å². The number of benzene rings is 2. The predicted molar refractivity (Wildman–Crippen MR) is 126 cm³/mol. The second-order valence-electron chi connectivity index (χ2n) is 8.86. The molecule has 3 aromatic rings. The fourth-order valence-electron chi connectivity index (χ4n) is 4.61. The summed E-state index contributed by atoms with van der Waals surface area (Å²) in [6.07, 6.45) is 2.53. The van der Waals surface area contributed by atoms with Gasteiger partial charge < -0.3 is 9.84 Å². The van der Waals surface area contributed by atoms with E-state index in [0.29, 0.717) is 25.2 Å². The van der Waals surface area contributed by atoms with Crippen LogP contribution in [0, 0.1) is 12.8 Å². The molecule has 2 aromatic carbocycles. The summed E-state index contributed by atoms with van der Waals surface area (Å²) in [7, 11) is -3.88. The highest BCUT2D eigenvalue weighted by Gasteiger charge is 2.43. The van der Waals surface area contributed by atoms with E-state index in [9.17, 15) is 18.3 Å². The van der Waals surface area contributed by atoms with Gasteiger partial charge in [-0.1, -0.05) is 31.0 Å². The maximum absolute atomic E-state index is 13.0. The molecule has 1 aliphatic carbocycles. The van der Waals surface area contributed by atoms with Gasteiger partial charge >= 0.3 is 5.97 Å². The molecule has 0 bridgehead atoms. The lowest BCUT2D eigenvalue weighted by molar-refractivity contribution is -0.145. The number of pyridine rings is 1. The number of aliphatic carboxylic acids is 1. The van der Waals surface area contributed by atoms with Gasteiger partial charge in [0.25, 0.3) is 0 Å². The van der Waals surface area contributed by atoms with Crippen molar-refractivity contribution in [1.82, 2.24) is 9.71 Å². The molecule has 0 spiro atoms. The zero-order valence-corrected chi connectivity index (χ0v) is 19.6. The van der Waals surface area contributed by atoms with Crippen molar-refractivity contribution < 1.29 is 23.1 Å². The largest absolute Gasteiger partial charge is 0.489 e. The van der Waals surface area contributed by atoms with Gasteiger partial charge in [-0.15, -0.1) is 0 Å². The SMILES string of the molecule is Cc1cc(COc2ccc(S(=O)(=O)N[C@]3(C)CCCC[C@@H]3C(=O)O)cc2)c2ccccc2n1. The molecule has 33 heavy (non-hydrogen) atoms. The van der Waals surface area contributed by atoms with Gasteiger partial charge in [-0.3, -0.25) is 9.78 Å². The number of hydrogen-bond acceptors (Lipinski definition) is 5. The van der Waals surface area contributed by atoms with Crippen molar-refractivity contribution in [2.45, 2.75) is 56.6 Å². The van der Waals surface area contributed by atoms with Gasteiger partial charge in [0.15, 0.2) is 0 Å². The van der Waals surface area contributed by atoms with Gasteiger partial charge in [0.2, 0.25) is 10.0 Å². The van der Waals surface area contributed by atoms with Crippen LogP contribution in [-0.4, -0.2) is 30.0 Å². The number of ether oxygens (including phenoxy) is 1. The zero-order chi connectivity index (χ0) is 23.6. The molecule has 1 saturated carbocycles. The second-order valence-corrected chi connectivity index (χ2v) is 10.5. The lowest BCUT2D eigenvalue weighted by Gasteiger charge is -2.39. The van der Waals surface area contributed by atoms with Crippen LogP contribution in [0.3, 0.4) is 0 Å². The number of hydrogen-bond donors (Lipinski definition) is 2. The first-order chi connectivity index (χ1) is 15.7. The minimum absolute atomic E-state index is 0.0796. The van der Waals surface area contributed by atoms with Crippen molar-refractivity contribution in [2.24, 2.45) is 5.92 Å². The highest BCUT2D eigenvalue weighted by atomic mass is 32.2.